The van der Waals surface area contributed by atoms with Crippen molar-refractivity contribution in [1.29, 1.82) is 0 Å². The molecule has 152 valence electrons. The van der Waals surface area contributed by atoms with E-state index in [1.807, 2.05) is 4.90 Å². The van der Waals surface area contributed by atoms with Gasteiger partial charge in [0, 0.05) is 23.8 Å². The van der Waals surface area contributed by atoms with E-state index in [-0.39, 0.29) is 11.7 Å². The van der Waals surface area contributed by atoms with Crippen LogP contribution in [0.4, 0.5) is 5.69 Å². The van der Waals surface area contributed by atoms with Crippen molar-refractivity contribution in [2.45, 2.75) is 43.9 Å². The van der Waals surface area contributed by atoms with E-state index in [9.17, 15) is 13.2 Å². The van der Waals surface area contributed by atoms with Gasteiger partial charge in [-0.15, -0.1) is 10.2 Å². The Hall–Kier alpha value is -2.07. The highest BCUT2D eigenvalue weighted by Crippen LogP contribution is 2.26. The van der Waals surface area contributed by atoms with Crippen molar-refractivity contribution in [3.63, 3.8) is 0 Å². The van der Waals surface area contributed by atoms with Crippen molar-refractivity contribution in [2.75, 3.05) is 23.3 Å². The predicted molar refractivity (Wildman–Crippen MR) is 109 cm³/mol. The number of likely N-dealkylation sites (tertiary alicyclic amines) is 1. The number of hydrogen-bond acceptors (Lipinski definition) is 7. The Labute approximate surface area is 169 Å². The van der Waals surface area contributed by atoms with Crippen LogP contribution in [-0.4, -0.2) is 54.0 Å². The smallest absolute Gasteiger partial charge is 0.277 e. The van der Waals surface area contributed by atoms with Crippen molar-refractivity contribution in [2.24, 2.45) is 0 Å². The molecule has 0 spiro atoms. The lowest BCUT2D eigenvalue weighted by molar-refractivity contribution is -0.132. The van der Waals surface area contributed by atoms with Gasteiger partial charge in [0.05, 0.1) is 12.0 Å². The second-order valence-electron chi connectivity index (χ2n) is 6.76. The monoisotopic (exact) mass is 424 g/mol. The molecule has 1 fully saturated rings. The fourth-order valence-electron chi connectivity index (χ4n) is 3.24. The van der Waals surface area contributed by atoms with Crippen molar-refractivity contribution in [3.05, 3.63) is 24.3 Å². The first kappa shape index (κ1) is 20.7. The molecular weight excluding hydrogens is 400 g/mol. The van der Waals surface area contributed by atoms with Crippen molar-refractivity contribution < 1.29 is 17.6 Å². The highest BCUT2D eigenvalue weighted by Gasteiger charge is 2.25. The van der Waals surface area contributed by atoms with Crippen LogP contribution in [0.15, 0.2) is 33.9 Å². The minimum Gasteiger partial charge on any atom is -0.411 e. The number of amides is 1. The first-order valence-corrected chi connectivity index (χ1v) is 12.1. The first-order valence-electron chi connectivity index (χ1n) is 9.19. The quantitative estimate of drug-likeness (QED) is 0.681. The van der Waals surface area contributed by atoms with Crippen LogP contribution in [0.25, 0.3) is 11.5 Å². The molecule has 1 amide bonds. The van der Waals surface area contributed by atoms with Crippen LogP contribution in [0, 0.1) is 0 Å². The van der Waals surface area contributed by atoms with Gasteiger partial charge in [0.2, 0.25) is 21.8 Å². The molecule has 0 aliphatic carbocycles. The molecule has 3 rings (SSSR count). The van der Waals surface area contributed by atoms with Gasteiger partial charge in [0.15, 0.2) is 0 Å². The van der Waals surface area contributed by atoms with Gasteiger partial charge in [-0.05, 0) is 49.9 Å². The van der Waals surface area contributed by atoms with Gasteiger partial charge >= 0.3 is 0 Å². The van der Waals surface area contributed by atoms with Gasteiger partial charge in [0.25, 0.3) is 5.22 Å². The van der Waals surface area contributed by atoms with Gasteiger partial charge in [-0.3, -0.25) is 9.52 Å². The van der Waals surface area contributed by atoms with Crippen LogP contribution in [0.3, 0.4) is 0 Å². The highest BCUT2D eigenvalue weighted by atomic mass is 32.2. The van der Waals surface area contributed by atoms with Crippen LogP contribution in [0.1, 0.15) is 32.6 Å². The van der Waals surface area contributed by atoms with Gasteiger partial charge < -0.3 is 9.32 Å². The summed E-state index contributed by atoms with van der Waals surface area (Å²) < 4.78 is 30.5. The minimum atomic E-state index is -3.32. The number of sulfonamides is 1. The number of thioether (sulfide) groups is 1. The number of carbonyl (C=O) groups excluding carboxylic acids is 1. The molecule has 1 N–H and O–H groups in total. The van der Waals surface area contributed by atoms with E-state index in [0.29, 0.717) is 28.4 Å². The Morgan fingerprint density at radius 2 is 2.04 bits per heavy atom. The van der Waals surface area contributed by atoms with Crippen molar-refractivity contribution in [1.82, 2.24) is 15.1 Å². The second kappa shape index (κ2) is 8.95. The third-order valence-corrected chi connectivity index (χ3v) is 5.99. The molecule has 1 atom stereocenters. The number of anilines is 1. The first-order chi connectivity index (χ1) is 13.4. The average Bonchev–Trinajstić information content (AvgIpc) is 3.14. The molecule has 1 aliphatic rings. The average molecular weight is 425 g/mol. The standard InChI is InChI=1S/C18H24N4O4S2/c1-3-15-6-4-5-11-22(15)16(23)12-27-18-20-19-17(26-18)13-7-9-14(10-8-13)21-28(2,24)25/h7-10,15,21H,3-6,11-12H2,1-2H3. The summed E-state index contributed by atoms with van der Waals surface area (Å²) >= 11 is 1.24. The number of benzene rings is 1. The summed E-state index contributed by atoms with van der Waals surface area (Å²) in [5.74, 6) is 0.702. The van der Waals surface area contributed by atoms with E-state index in [0.717, 1.165) is 32.1 Å². The number of hydrogen-bond donors (Lipinski definition) is 1. The summed E-state index contributed by atoms with van der Waals surface area (Å²) in [7, 11) is -3.32. The summed E-state index contributed by atoms with van der Waals surface area (Å²) in [6, 6.07) is 6.97. The Morgan fingerprint density at radius 3 is 2.71 bits per heavy atom. The van der Waals surface area contributed by atoms with Gasteiger partial charge in [-0.2, -0.15) is 0 Å². The van der Waals surface area contributed by atoms with Crippen LogP contribution in [0.5, 0.6) is 0 Å². The molecule has 1 saturated heterocycles. The largest absolute Gasteiger partial charge is 0.411 e. The molecule has 0 bridgehead atoms. The van der Waals surface area contributed by atoms with Crippen molar-refractivity contribution >= 4 is 33.4 Å². The summed E-state index contributed by atoms with van der Waals surface area (Å²) in [4.78, 5) is 14.5. The maximum Gasteiger partial charge on any atom is 0.277 e. The van der Waals surface area contributed by atoms with E-state index in [4.69, 9.17) is 4.42 Å². The number of rotatable bonds is 7. The molecule has 2 heterocycles. The second-order valence-corrected chi connectivity index (χ2v) is 9.43. The fraction of sp³-hybridized carbons (Fsp3) is 0.500. The third-order valence-electron chi connectivity index (χ3n) is 4.58. The lowest BCUT2D eigenvalue weighted by Gasteiger charge is -2.35. The lowest BCUT2D eigenvalue weighted by atomic mass is 10.0. The third kappa shape index (κ3) is 5.48. The van der Waals surface area contributed by atoms with E-state index in [1.54, 1.807) is 24.3 Å². The fourth-order valence-corrected chi connectivity index (χ4v) is 4.45. The summed E-state index contributed by atoms with van der Waals surface area (Å²) in [6.45, 7) is 2.94. The Morgan fingerprint density at radius 1 is 1.29 bits per heavy atom. The van der Waals surface area contributed by atoms with Gasteiger partial charge in [0.1, 0.15) is 0 Å². The van der Waals surface area contributed by atoms with Gasteiger partial charge in [-0.1, -0.05) is 18.7 Å². The Balaban J connectivity index is 1.59. The maximum atomic E-state index is 12.5. The van der Waals surface area contributed by atoms with Crippen LogP contribution in [-0.2, 0) is 14.8 Å². The lowest BCUT2D eigenvalue weighted by Crippen LogP contribution is -2.44. The molecule has 1 aliphatic heterocycles. The molecule has 1 aromatic carbocycles. The number of nitrogens with zero attached hydrogens (tertiary/aromatic N) is 3. The van der Waals surface area contributed by atoms with Gasteiger partial charge in [-0.25, -0.2) is 8.42 Å². The zero-order valence-electron chi connectivity index (χ0n) is 15.9. The minimum absolute atomic E-state index is 0.104. The molecular formula is C18H24N4O4S2. The van der Waals surface area contributed by atoms with Crippen LogP contribution < -0.4 is 4.72 Å². The van der Waals surface area contributed by atoms with E-state index >= 15 is 0 Å². The van der Waals surface area contributed by atoms with Crippen LogP contribution in [0.2, 0.25) is 0 Å². The molecule has 1 aromatic heterocycles. The van der Waals surface area contributed by atoms with E-state index in [2.05, 4.69) is 21.8 Å². The Bertz CT molecular complexity index is 912. The highest BCUT2D eigenvalue weighted by molar-refractivity contribution is 7.99. The molecule has 10 heteroatoms. The number of aromatic nitrogens is 2. The normalized spacial score (nSPS) is 17.5. The number of nitrogens with one attached hydrogen (secondary N) is 1. The SMILES string of the molecule is CCC1CCCCN1C(=O)CSc1nnc(-c2ccc(NS(C)(=O)=O)cc2)o1. The summed E-state index contributed by atoms with van der Waals surface area (Å²) in [6.07, 6.45) is 5.38. The van der Waals surface area contributed by atoms with E-state index < -0.39 is 10.0 Å². The maximum absolute atomic E-state index is 12.5. The number of carbonyl (C=O) groups is 1. The zero-order valence-corrected chi connectivity index (χ0v) is 17.6. The van der Waals surface area contributed by atoms with E-state index in [1.165, 1.54) is 18.2 Å². The number of piperidine rings is 1. The summed E-state index contributed by atoms with van der Waals surface area (Å²) in [5, 5.41) is 8.35. The summed E-state index contributed by atoms with van der Waals surface area (Å²) in [5.41, 5.74) is 1.13. The molecule has 28 heavy (non-hydrogen) atoms. The molecule has 1 unspecified atom stereocenters. The molecule has 8 nitrogen and oxygen atoms in total. The molecule has 0 radical (unpaired) electrons. The van der Waals surface area contributed by atoms with Crippen molar-refractivity contribution in [3.8, 4) is 11.5 Å². The zero-order chi connectivity index (χ0) is 20.1. The van der Waals surface area contributed by atoms with Crippen LogP contribution >= 0.6 is 11.8 Å². The molecule has 2 aromatic rings. The predicted octanol–water partition coefficient (Wildman–Crippen LogP) is 2.99. The molecule has 0 saturated carbocycles. The Kier molecular flexibility index (Phi) is 6.61. The topological polar surface area (TPSA) is 105 Å².